The maximum atomic E-state index is 13.3. The summed E-state index contributed by atoms with van der Waals surface area (Å²) in [5.41, 5.74) is 1.81. The minimum atomic E-state index is -4.95. The van der Waals surface area contributed by atoms with E-state index in [1.54, 1.807) is 13.0 Å². The molecule has 0 aliphatic rings. The van der Waals surface area contributed by atoms with E-state index in [1.165, 1.54) is 30.3 Å². The van der Waals surface area contributed by atoms with Crippen LogP contribution < -0.4 is 15.7 Å². The van der Waals surface area contributed by atoms with Gasteiger partial charge in [-0.2, -0.15) is 0 Å². The van der Waals surface area contributed by atoms with Gasteiger partial charge in [-0.15, -0.1) is 13.2 Å². The van der Waals surface area contributed by atoms with Gasteiger partial charge in [0.15, 0.2) is 5.75 Å². The summed E-state index contributed by atoms with van der Waals surface area (Å²) in [4.78, 5) is 29.4. The average molecular weight is 423 g/mol. The smallest absolute Gasteiger partial charge is 0.403 e. The number of benzene rings is 2. The molecule has 0 fully saturated rings. The van der Waals surface area contributed by atoms with Crippen LogP contribution >= 0.6 is 0 Å². The third kappa shape index (κ3) is 4.94. The second-order valence-electron chi connectivity index (χ2n) is 6.46. The molecule has 10 heteroatoms. The molecule has 158 valence electrons. The molecule has 30 heavy (non-hydrogen) atoms. The number of aryl methyl sites for hydroxylation is 1. The second kappa shape index (κ2) is 8.52. The molecule has 0 atom stereocenters. The Morgan fingerprint density at radius 3 is 2.60 bits per heavy atom. The molecule has 0 unspecified atom stereocenters. The van der Waals surface area contributed by atoms with E-state index in [0.717, 1.165) is 10.7 Å². The van der Waals surface area contributed by atoms with E-state index in [2.05, 4.69) is 15.1 Å². The first-order valence-corrected chi connectivity index (χ1v) is 9.02. The van der Waals surface area contributed by atoms with Gasteiger partial charge in [0.2, 0.25) is 5.91 Å². The van der Waals surface area contributed by atoms with Crippen molar-refractivity contribution in [2.75, 3.05) is 5.43 Å². The van der Waals surface area contributed by atoms with Gasteiger partial charge in [-0.05, 0) is 36.2 Å². The van der Waals surface area contributed by atoms with Crippen molar-refractivity contribution in [3.05, 3.63) is 70.0 Å². The van der Waals surface area contributed by atoms with Crippen LogP contribution in [0.4, 0.5) is 17.6 Å². The van der Waals surface area contributed by atoms with Gasteiger partial charge in [-0.1, -0.05) is 25.1 Å². The van der Waals surface area contributed by atoms with Crippen molar-refractivity contribution in [2.45, 2.75) is 32.5 Å². The zero-order valence-electron chi connectivity index (χ0n) is 15.8. The first-order valence-electron chi connectivity index (χ1n) is 9.02. The predicted molar refractivity (Wildman–Crippen MR) is 101 cm³/mol. The van der Waals surface area contributed by atoms with Gasteiger partial charge >= 0.3 is 6.36 Å². The Labute approximate surface area is 168 Å². The van der Waals surface area contributed by atoms with Crippen LogP contribution in [0.25, 0.3) is 10.9 Å². The fraction of sp³-hybridized carbons (Fsp3) is 0.250. The van der Waals surface area contributed by atoms with Gasteiger partial charge in [0.25, 0.3) is 5.56 Å². The first kappa shape index (κ1) is 21.3. The van der Waals surface area contributed by atoms with Gasteiger partial charge in [0.1, 0.15) is 17.2 Å². The standard InChI is InChI=1S/C20H17F4N3O3/c1-2-5-16-25-18-14(8-4-9-15(18)30-20(22,23)24)19(29)27(16)26-17(28)11-12-6-3-7-13(21)10-12/h3-4,6-10H,2,5,11H2,1H3,(H,26,28). The van der Waals surface area contributed by atoms with E-state index in [0.29, 0.717) is 12.0 Å². The average Bonchev–Trinajstić information content (AvgIpc) is 2.64. The molecule has 1 heterocycles. The third-order valence-corrected chi connectivity index (χ3v) is 4.12. The van der Waals surface area contributed by atoms with Crippen LogP contribution in [0.1, 0.15) is 24.7 Å². The highest BCUT2D eigenvalue weighted by Gasteiger charge is 2.32. The van der Waals surface area contributed by atoms with Gasteiger partial charge in [0, 0.05) is 6.42 Å². The number of carbonyl (C=O) groups is 1. The Bertz CT molecular complexity index is 1140. The van der Waals surface area contributed by atoms with Crippen LogP contribution in [0.3, 0.4) is 0 Å². The summed E-state index contributed by atoms with van der Waals surface area (Å²) < 4.78 is 56.3. The van der Waals surface area contributed by atoms with Gasteiger partial charge in [0.05, 0.1) is 11.8 Å². The quantitative estimate of drug-likeness (QED) is 0.614. The van der Waals surface area contributed by atoms with Crippen molar-refractivity contribution in [3.8, 4) is 5.75 Å². The molecule has 0 saturated carbocycles. The monoisotopic (exact) mass is 423 g/mol. The largest absolute Gasteiger partial charge is 0.573 e. The van der Waals surface area contributed by atoms with Gasteiger partial charge in [-0.3, -0.25) is 15.0 Å². The number of aromatic nitrogens is 2. The third-order valence-electron chi connectivity index (χ3n) is 4.12. The van der Waals surface area contributed by atoms with Crippen LogP contribution in [0, 0.1) is 5.82 Å². The lowest BCUT2D eigenvalue weighted by molar-refractivity contribution is -0.274. The Morgan fingerprint density at radius 2 is 1.93 bits per heavy atom. The normalized spacial score (nSPS) is 11.5. The zero-order valence-corrected chi connectivity index (χ0v) is 15.8. The topological polar surface area (TPSA) is 73.2 Å². The predicted octanol–water partition coefficient (Wildman–Crippen LogP) is 3.70. The lowest BCUT2D eigenvalue weighted by Gasteiger charge is -2.16. The Morgan fingerprint density at radius 1 is 1.20 bits per heavy atom. The molecule has 1 N–H and O–H groups in total. The molecule has 2 aromatic carbocycles. The van der Waals surface area contributed by atoms with Crippen molar-refractivity contribution in [1.29, 1.82) is 0 Å². The molecule has 6 nitrogen and oxygen atoms in total. The highest BCUT2D eigenvalue weighted by atomic mass is 19.4. The molecular weight excluding hydrogens is 406 g/mol. The summed E-state index contributed by atoms with van der Waals surface area (Å²) in [6.45, 7) is 1.79. The van der Waals surface area contributed by atoms with Crippen LogP contribution in [-0.4, -0.2) is 21.9 Å². The van der Waals surface area contributed by atoms with Crippen molar-refractivity contribution in [1.82, 2.24) is 9.66 Å². The van der Waals surface area contributed by atoms with Crippen LogP contribution in [-0.2, 0) is 17.6 Å². The summed E-state index contributed by atoms with van der Waals surface area (Å²) >= 11 is 0. The number of alkyl halides is 3. The lowest BCUT2D eigenvalue weighted by atomic mass is 10.1. The summed E-state index contributed by atoms with van der Waals surface area (Å²) in [6, 6.07) is 9.01. The molecule has 0 aliphatic heterocycles. The number of hydrogen-bond donors (Lipinski definition) is 1. The van der Waals surface area contributed by atoms with E-state index in [-0.39, 0.29) is 29.6 Å². The second-order valence-corrected chi connectivity index (χ2v) is 6.46. The molecular formula is C20H17F4N3O3. The number of para-hydroxylation sites is 1. The number of ether oxygens (including phenoxy) is 1. The van der Waals surface area contributed by atoms with Crippen molar-refractivity contribution in [2.24, 2.45) is 0 Å². The van der Waals surface area contributed by atoms with E-state index >= 15 is 0 Å². The number of rotatable bonds is 6. The Kier molecular flexibility index (Phi) is 6.04. The highest BCUT2D eigenvalue weighted by molar-refractivity contribution is 5.87. The summed E-state index contributed by atoms with van der Waals surface area (Å²) in [6.07, 6.45) is -4.42. The van der Waals surface area contributed by atoms with E-state index in [1.807, 2.05) is 0 Å². The molecule has 0 saturated heterocycles. The molecule has 3 aromatic rings. The van der Waals surface area contributed by atoms with Crippen molar-refractivity contribution in [3.63, 3.8) is 0 Å². The SMILES string of the molecule is CCCc1nc2c(OC(F)(F)F)cccc2c(=O)n1NC(=O)Cc1cccc(F)c1. The molecule has 0 aliphatic carbocycles. The van der Waals surface area contributed by atoms with E-state index < -0.39 is 29.4 Å². The number of amides is 1. The number of hydrogen-bond acceptors (Lipinski definition) is 4. The van der Waals surface area contributed by atoms with Crippen molar-refractivity contribution < 1.29 is 27.1 Å². The maximum absolute atomic E-state index is 13.3. The first-order chi connectivity index (χ1) is 14.2. The number of nitrogens with zero attached hydrogens (tertiary/aromatic N) is 2. The fourth-order valence-corrected chi connectivity index (χ4v) is 2.94. The number of nitrogens with one attached hydrogen (secondary N) is 1. The number of fused-ring (bicyclic) bond motifs is 1. The molecule has 3 rings (SSSR count). The van der Waals surface area contributed by atoms with Crippen LogP contribution in [0.2, 0.25) is 0 Å². The fourth-order valence-electron chi connectivity index (χ4n) is 2.94. The number of halogens is 4. The Balaban J connectivity index is 2.01. The summed E-state index contributed by atoms with van der Waals surface area (Å²) in [5.74, 6) is -1.65. The molecule has 0 spiro atoms. The van der Waals surface area contributed by atoms with Gasteiger partial charge < -0.3 is 4.74 Å². The zero-order chi connectivity index (χ0) is 21.9. The maximum Gasteiger partial charge on any atom is 0.573 e. The minimum absolute atomic E-state index is 0.0702. The Hall–Kier alpha value is -3.43. The molecule has 0 bridgehead atoms. The van der Waals surface area contributed by atoms with E-state index in [9.17, 15) is 27.2 Å². The number of carbonyl (C=O) groups excluding carboxylic acids is 1. The van der Waals surface area contributed by atoms with E-state index in [4.69, 9.17) is 0 Å². The van der Waals surface area contributed by atoms with Gasteiger partial charge in [-0.25, -0.2) is 14.1 Å². The summed E-state index contributed by atoms with van der Waals surface area (Å²) in [5, 5.41) is -0.150. The van der Waals surface area contributed by atoms with Crippen molar-refractivity contribution >= 4 is 16.8 Å². The highest BCUT2D eigenvalue weighted by Crippen LogP contribution is 2.28. The molecule has 1 amide bonds. The minimum Gasteiger partial charge on any atom is -0.403 e. The summed E-state index contributed by atoms with van der Waals surface area (Å²) in [7, 11) is 0. The van der Waals surface area contributed by atoms with Crippen LogP contribution in [0.15, 0.2) is 47.3 Å². The molecule has 1 aromatic heterocycles. The molecule has 0 radical (unpaired) electrons. The van der Waals surface area contributed by atoms with Crippen LogP contribution in [0.5, 0.6) is 5.75 Å². The lowest BCUT2D eigenvalue weighted by Crippen LogP contribution is -2.37.